The van der Waals surface area contributed by atoms with E-state index in [0.29, 0.717) is 17.8 Å². The summed E-state index contributed by atoms with van der Waals surface area (Å²) in [5.41, 5.74) is 5.24. The molecule has 2 aliphatic carbocycles. The molecule has 4 aromatic carbocycles. The summed E-state index contributed by atoms with van der Waals surface area (Å²) in [5, 5.41) is 0. The van der Waals surface area contributed by atoms with Crippen LogP contribution in [-0.4, -0.2) is 42.0 Å². The van der Waals surface area contributed by atoms with E-state index in [1.54, 1.807) is 0 Å². The van der Waals surface area contributed by atoms with Crippen molar-refractivity contribution >= 4 is 24.1 Å². The van der Waals surface area contributed by atoms with Gasteiger partial charge in [-0.05, 0) is 107 Å². The highest BCUT2D eigenvalue weighted by Crippen LogP contribution is 2.58. The van der Waals surface area contributed by atoms with Crippen molar-refractivity contribution in [3.63, 3.8) is 0 Å². The van der Waals surface area contributed by atoms with Crippen LogP contribution in [0.15, 0.2) is 109 Å². The number of ether oxygens (including phenoxy) is 2. The maximum atomic E-state index is 14.6. The number of hydrogen-bond donors (Lipinski definition) is 0. The number of phosphoric ester groups is 1. The van der Waals surface area contributed by atoms with Gasteiger partial charge in [0.1, 0.15) is 12.4 Å². The zero-order chi connectivity index (χ0) is 42.2. The van der Waals surface area contributed by atoms with Gasteiger partial charge in [0.2, 0.25) is 0 Å². The molecule has 0 bridgehead atoms. The predicted octanol–water partition coefficient (Wildman–Crippen LogP) is 12.6. The van der Waals surface area contributed by atoms with E-state index in [1.807, 2.05) is 103 Å². The first-order chi connectivity index (χ1) is 29.3. The highest BCUT2D eigenvalue weighted by molar-refractivity contribution is 8.29. The zero-order valence-electron chi connectivity index (χ0n) is 36.2. The minimum absolute atomic E-state index is 0.119. The number of carbonyl (C=O) groups is 1. The lowest BCUT2D eigenvalue weighted by atomic mass is 9.73. The largest absolute Gasteiger partial charge is 0.482 e. The van der Waals surface area contributed by atoms with Crippen LogP contribution in [0.3, 0.4) is 0 Å². The molecule has 0 saturated heterocycles. The SMILES string of the molecule is CCCCC[C@@H](CC[C@@H]1[C@H]2Cc3cccc(OCC(=O)OCc4ccccc4)c3C[C@H]2C[C@H]1OS(CC)(CC)CC)OP(=O)(OCc1ccccc1)OCc1ccccc1. The Labute approximate surface area is 361 Å². The van der Waals surface area contributed by atoms with Crippen molar-refractivity contribution in [1.82, 2.24) is 0 Å². The molecule has 2 aliphatic rings. The van der Waals surface area contributed by atoms with Gasteiger partial charge in [-0.3, -0.25) is 13.6 Å². The van der Waals surface area contributed by atoms with Crippen LogP contribution in [0.4, 0.5) is 0 Å². The lowest BCUT2D eigenvalue weighted by Crippen LogP contribution is -2.30. The van der Waals surface area contributed by atoms with Gasteiger partial charge < -0.3 is 13.7 Å². The molecule has 6 rings (SSSR count). The monoisotopic (exact) mass is 858 g/mol. The van der Waals surface area contributed by atoms with E-state index in [-0.39, 0.29) is 44.6 Å². The third-order valence-corrected chi connectivity index (χ3v) is 17.8. The molecule has 0 radical (unpaired) electrons. The van der Waals surface area contributed by atoms with Crippen LogP contribution in [0.25, 0.3) is 0 Å². The number of unbranched alkanes of at least 4 members (excludes halogenated alkanes) is 2. The van der Waals surface area contributed by atoms with Crippen molar-refractivity contribution < 1.29 is 36.6 Å². The van der Waals surface area contributed by atoms with Crippen LogP contribution in [0, 0.1) is 17.8 Å². The lowest BCUT2D eigenvalue weighted by molar-refractivity contribution is -0.147. The van der Waals surface area contributed by atoms with Gasteiger partial charge in [0.15, 0.2) is 6.61 Å². The van der Waals surface area contributed by atoms with Crippen molar-refractivity contribution in [3.05, 3.63) is 137 Å². The van der Waals surface area contributed by atoms with Gasteiger partial charge in [-0.1, -0.05) is 150 Å². The molecule has 0 aromatic heterocycles. The molecule has 0 heterocycles. The predicted molar refractivity (Wildman–Crippen MR) is 243 cm³/mol. The van der Waals surface area contributed by atoms with Crippen molar-refractivity contribution in [2.45, 2.75) is 118 Å². The molecule has 10 heteroatoms. The highest BCUT2D eigenvalue weighted by Gasteiger charge is 2.48. The van der Waals surface area contributed by atoms with Crippen LogP contribution in [0.2, 0.25) is 0 Å². The van der Waals surface area contributed by atoms with E-state index in [2.05, 4.69) is 33.8 Å². The first-order valence-corrected chi connectivity index (χ1v) is 25.8. The quantitative estimate of drug-likeness (QED) is 0.0370. The Kier molecular flexibility index (Phi) is 17.8. The second-order valence-electron chi connectivity index (χ2n) is 16.3. The molecule has 1 fully saturated rings. The molecule has 326 valence electrons. The number of esters is 1. The summed E-state index contributed by atoms with van der Waals surface area (Å²) in [6.07, 6.45) is 8.14. The fraction of sp³-hybridized carbons (Fsp3) is 0.500. The van der Waals surface area contributed by atoms with E-state index in [1.165, 1.54) is 11.1 Å². The Morgan fingerprint density at radius 1 is 0.717 bits per heavy atom. The van der Waals surface area contributed by atoms with Crippen molar-refractivity contribution in [3.8, 4) is 5.75 Å². The average molecular weight is 859 g/mol. The minimum atomic E-state index is -3.97. The molecular weight excluding hydrogens is 792 g/mol. The molecule has 0 spiro atoms. The van der Waals surface area contributed by atoms with Gasteiger partial charge in [0.25, 0.3) is 0 Å². The van der Waals surface area contributed by atoms with Crippen LogP contribution < -0.4 is 4.74 Å². The van der Waals surface area contributed by atoms with Crippen LogP contribution in [0.5, 0.6) is 5.75 Å². The van der Waals surface area contributed by atoms with E-state index in [0.717, 1.165) is 97.5 Å². The van der Waals surface area contributed by atoms with Gasteiger partial charge in [-0.2, -0.15) is 0 Å². The van der Waals surface area contributed by atoms with Crippen molar-refractivity contribution in [1.29, 1.82) is 0 Å². The Morgan fingerprint density at radius 3 is 1.90 bits per heavy atom. The maximum Gasteiger partial charge on any atom is 0.475 e. The average Bonchev–Trinajstić information content (AvgIpc) is 3.62. The second kappa shape index (κ2) is 23.1. The summed E-state index contributed by atoms with van der Waals surface area (Å²) in [7, 11) is -5.20. The summed E-state index contributed by atoms with van der Waals surface area (Å²) < 4.78 is 52.6. The third-order valence-electron chi connectivity index (χ3n) is 12.5. The molecule has 8 nitrogen and oxygen atoms in total. The molecule has 0 N–H and O–H groups in total. The fourth-order valence-electron chi connectivity index (χ4n) is 9.00. The van der Waals surface area contributed by atoms with Gasteiger partial charge in [-0.25, -0.2) is 9.36 Å². The highest BCUT2D eigenvalue weighted by atomic mass is 32.3. The van der Waals surface area contributed by atoms with E-state index in [9.17, 15) is 9.36 Å². The van der Waals surface area contributed by atoms with Crippen molar-refractivity contribution in [2.75, 3.05) is 23.9 Å². The van der Waals surface area contributed by atoms with Crippen LogP contribution >= 0.6 is 18.1 Å². The second-order valence-corrected chi connectivity index (χ2v) is 21.8. The Morgan fingerprint density at radius 2 is 1.32 bits per heavy atom. The van der Waals surface area contributed by atoms with Crippen LogP contribution in [0.1, 0.15) is 100 Å². The topological polar surface area (TPSA) is 89.5 Å². The van der Waals surface area contributed by atoms with Crippen LogP contribution in [-0.2, 0) is 64.5 Å². The number of rotatable bonds is 25. The number of benzene rings is 4. The lowest BCUT2D eigenvalue weighted by Gasteiger charge is -2.41. The summed E-state index contributed by atoms with van der Waals surface area (Å²) >= 11 is 0. The van der Waals surface area contributed by atoms with Gasteiger partial charge in [0, 0.05) is 0 Å². The molecule has 5 atom stereocenters. The number of carbonyl (C=O) groups excluding carboxylic acids is 1. The molecule has 60 heavy (non-hydrogen) atoms. The summed E-state index contributed by atoms with van der Waals surface area (Å²) in [6.45, 7) is 9.40. The molecule has 0 aliphatic heterocycles. The Bertz CT molecular complexity index is 1870. The number of hydrogen-bond acceptors (Lipinski definition) is 8. The Balaban J connectivity index is 1.19. The van der Waals surface area contributed by atoms with Gasteiger partial charge >= 0.3 is 13.8 Å². The molecule has 0 amide bonds. The smallest absolute Gasteiger partial charge is 0.475 e. The maximum absolute atomic E-state index is 14.6. The van der Waals surface area contributed by atoms with E-state index in [4.69, 9.17) is 27.2 Å². The number of fused-ring (bicyclic) bond motifs is 2. The summed E-state index contributed by atoms with van der Waals surface area (Å²) in [6, 6.07) is 35.5. The van der Waals surface area contributed by atoms with E-state index >= 15 is 0 Å². The third kappa shape index (κ3) is 13.0. The summed E-state index contributed by atoms with van der Waals surface area (Å²) in [5.74, 6) is 4.66. The van der Waals surface area contributed by atoms with Gasteiger partial charge in [-0.15, -0.1) is 10.3 Å². The molecule has 4 aromatic rings. The Hall–Kier alpha value is -3.43. The summed E-state index contributed by atoms with van der Waals surface area (Å²) in [4.78, 5) is 12.7. The fourth-order valence-corrected chi connectivity index (χ4v) is 12.8. The standard InChI is InChI=1S/C50H67O8PS/c1-5-9-13-28-44(57-59(52,55-36-40-23-16-11-17-24-40)56-37-41-25-18-12-19-26-41)30-31-45-46-32-42-27-20-29-48(53-38-50(51)54-35-39-21-14-10-15-22-39)47(42)33-43(46)34-49(45)58-60(6-2,7-3)8-4/h10-12,14-27,29,43-46,49H,5-9,13,28,30-38H2,1-4H3/t43-,44-,45+,46-,49+/m0/s1. The molecular formula is C50H67O8PS. The molecule has 0 unspecified atom stereocenters. The minimum Gasteiger partial charge on any atom is -0.482 e. The molecule has 1 saturated carbocycles. The van der Waals surface area contributed by atoms with Gasteiger partial charge in [0.05, 0.1) is 25.4 Å². The normalized spacial score (nSPS) is 19.6. The first-order valence-electron chi connectivity index (χ1n) is 22.3. The first kappa shape index (κ1) is 46.1. The zero-order valence-corrected chi connectivity index (χ0v) is 37.9. The van der Waals surface area contributed by atoms with Crippen molar-refractivity contribution in [2.24, 2.45) is 17.8 Å². The van der Waals surface area contributed by atoms with E-state index < -0.39 is 18.1 Å². The number of phosphoric acid groups is 1.